The third-order valence-corrected chi connectivity index (χ3v) is 5.09. The maximum Gasteiger partial charge on any atom is 0.245 e. The molecule has 13 heteroatoms. The molecule has 35 heavy (non-hydrogen) atoms. The third kappa shape index (κ3) is 10.1. The van der Waals surface area contributed by atoms with E-state index < -0.39 is 60.3 Å². The molecule has 1 aromatic rings. The maximum absolute atomic E-state index is 13.2. The number of amides is 5. The number of aliphatic hydroxyl groups is 1. The van der Waals surface area contributed by atoms with Crippen molar-refractivity contribution in [1.82, 2.24) is 31.2 Å². The summed E-state index contributed by atoms with van der Waals surface area (Å²) in [5.41, 5.74) is 5.86. The van der Waals surface area contributed by atoms with Gasteiger partial charge < -0.3 is 37.1 Å². The van der Waals surface area contributed by atoms with Crippen molar-refractivity contribution in [3.8, 4) is 0 Å². The Hall–Kier alpha value is -3.48. The zero-order valence-corrected chi connectivity index (χ0v) is 20.8. The Morgan fingerprint density at radius 3 is 1.97 bits per heavy atom. The van der Waals surface area contributed by atoms with E-state index in [1.54, 1.807) is 20.0 Å². The molecule has 0 spiro atoms. The standard InChI is InChI=1S/C22H37N7O6/c1-11(2)6-15(21(34)29-18(12(3)4)19(23)32)27-20(33)16(7-14-8-24-10-25-14)28-22(35)17(9-30)26-13(5)31/h8,10-12,15-18,30H,6-7,9H2,1-5H3,(H2,23,32)(H,24,25)(H,26,31)(H,27,33)(H,28,35)(H,29,34)/t15-,16-,17?,18-/m0/s1. The lowest BCUT2D eigenvalue weighted by molar-refractivity contribution is -0.135. The van der Waals surface area contributed by atoms with E-state index in [2.05, 4.69) is 31.2 Å². The van der Waals surface area contributed by atoms with Gasteiger partial charge >= 0.3 is 0 Å². The van der Waals surface area contributed by atoms with Crippen LogP contribution in [0.5, 0.6) is 0 Å². The summed E-state index contributed by atoms with van der Waals surface area (Å²) in [6.07, 6.45) is 3.19. The van der Waals surface area contributed by atoms with Gasteiger partial charge in [-0.2, -0.15) is 0 Å². The Labute approximate surface area is 204 Å². The van der Waals surface area contributed by atoms with Crippen LogP contribution in [0, 0.1) is 11.8 Å². The first-order valence-electron chi connectivity index (χ1n) is 11.4. The van der Waals surface area contributed by atoms with E-state index in [-0.39, 0.29) is 24.7 Å². The molecule has 0 aliphatic heterocycles. The molecule has 0 fully saturated rings. The number of rotatable bonds is 14. The minimum absolute atomic E-state index is 0.00930. The summed E-state index contributed by atoms with van der Waals surface area (Å²) in [7, 11) is 0. The first kappa shape index (κ1) is 29.6. The second kappa shape index (κ2) is 14.0. The number of primary amides is 1. The van der Waals surface area contributed by atoms with Crippen LogP contribution in [0.4, 0.5) is 0 Å². The summed E-state index contributed by atoms with van der Waals surface area (Å²) in [6.45, 7) is 7.70. The van der Waals surface area contributed by atoms with Gasteiger partial charge in [-0.05, 0) is 18.3 Å². The molecule has 13 nitrogen and oxygen atoms in total. The quantitative estimate of drug-likeness (QED) is 0.156. The van der Waals surface area contributed by atoms with Crippen molar-refractivity contribution in [2.45, 2.75) is 71.6 Å². The van der Waals surface area contributed by atoms with Crippen molar-refractivity contribution in [2.75, 3.05) is 6.61 Å². The molecule has 4 atom stereocenters. The largest absolute Gasteiger partial charge is 0.394 e. The Balaban J connectivity index is 3.10. The van der Waals surface area contributed by atoms with Gasteiger partial charge in [-0.15, -0.1) is 0 Å². The van der Waals surface area contributed by atoms with E-state index >= 15 is 0 Å². The van der Waals surface area contributed by atoms with Crippen LogP contribution < -0.4 is 27.0 Å². The Kier molecular flexibility index (Phi) is 11.9. The molecule has 1 unspecified atom stereocenters. The second-order valence-electron chi connectivity index (χ2n) is 9.08. The fourth-order valence-corrected chi connectivity index (χ4v) is 3.33. The fourth-order valence-electron chi connectivity index (χ4n) is 3.33. The minimum Gasteiger partial charge on any atom is -0.394 e. The van der Waals surface area contributed by atoms with Crippen LogP contribution in [0.3, 0.4) is 0 Å². The number of nitrogens with one attached hydrogen (secondary N) is 5. The molecular weight excluding hydrogens is 458 g/mol. The highest BCUT2D eigenvalue weighted by atomic mass is 16.3. The molecule has 0 saturated carbocycles. The van der Waals surface area contributed by atoms with E-state index in [4.69, 9.17) is 5.73 Å². The van der Waals surface area contributed by atoms with Crippen molar-refractivity contribution >= 4 is 29.5 Å². The molecule has 5 amide bonds. The molecule has 196 valence electrons. The Morgan fingerprint density at radius 2 is 1.51 bits per heavy atom. The molecular formula is C22H37N7O6. The molecule has 0 aliphatic carbocycles. The lowest BCUT2D eigenvalue weighted by atomic mass is 9.99. The van der Waals surface area contributed by atoms with Crippen molar-refractivity contribution in [3.63, 3.8) is 0 Å². The lowest BCUT2D eigenvalue weighted by Gasteiger charge is -2.27. The first-order valence-corrected chi connectivity index (χ1v) is 11.4. The van der Waals surface area contributed by atoms with Gasteiger partial charge in [-0.1, -0.05) is 27.7 Å². The van der Waals surface area contributed by atoms with Gasteiger partial charge in [0, 0.05) is 19.5 Å². The number of carbonyl (C=O) groups excluding carboxylic acids is 5. The summed E-state index contributed by atoms with van der Waals surface area (Å²) >= 11 is 0. The zero-order chi connectivity index (χ0) is 26.7. The molecule has 1 rings (SSSR count). The van der Waals surface area contributed by atoms with Gasteiger partial charge in [0.1, 0.15) is 24.2 Å². The fraction of sp³-hybridized carbons (Fsp3) is 0.636. The predicted molar refractivity (Wildman–Crippen MR) is 126 cm³/mol. The molecule has 8 N–H and O–H groups in total. The number of hydrogen-bond donors (Lipinski definition) is 7. The molecule has 1 aromatic heterocycles. The number of hydrogen-bond acceptors (Lipinski definition) is 7. The van der Waals surface area contributed by atoms with Crippen LogP contribution >= 0.6 is 0 Å². The normalized spacial score (nSPS) is 14.5. The van der Waals surface area contributed by atoms with E-state index in [1.807, 2.05) is 13.8 Å². The Morgan fingerprint density at radius 1 is 0.943 bits per heavy atom. The molecule has 0 saturated heterocycles. The monoisotopic (exact) mass is 495 g/mol. The zero-order valence-electron chi connectivity index (χ0n) is 20.8. The summed E-state index contributed by atoms with van der Waals surface area (Å²) < 4.78 is 0. The van der Waals surface area contributed by atoms with E-state index in [0.717, 1.165) is 0 Å². The molecule has 1 heterocycles. The first-order chi connectivity index (χ1) is 16.3. The van der Waals surface area contributed by atoms with Crippen molar-refractivity contribution in [2.24, 2.45) is 17.6 Å². The van der Waals surface area contributed by atoms with Crippen molar-refractivity contribution < 1.29 is 29.1 Å². The van der Waals surface area contributed by atoms with Gasteiger partial charge in [0.05, 0.1) is 18.6 Å². The minimum atomic E-state index is -1.26. The molecule has 0 aliphatic rings. The lowest BCUT2D eigenvalue weighted by Crippen LogP contribution is -2.59. The van der Waals surface area contributed by atoms with Gasteiger partial charge in [-0.25, -0.2) is 4.98 Å². The smallest absolute Gasteiger partial charge is 0.245 e. The van der Waals surface area contributed by atoms with Crippen LogP contribution in [0.15, 0.2) is 12.5 Å². The van der Waals surface area contributed by atoms with Crippen LogP contribution in [-0.2, 0) is 30.4 Å². The number of aliphatic hydroxyl groups excluding tert-OH is 1. The van der Waals surface area contributed by atoms with Crippen LogP contribution in [-0.4, -0.2) is 75.4 Å². The summed E-state index contributed by atoms with van der Waals surface area (Å²) in [4.78, 5) is 68.7. The highest BCUT2D eigenvalue weighted by Gasteiger charge is 2.32. The molecule has 0 aromatic carbocycles. The average Bonchev–Trinajstić information content (AvgIpc) is 3.26. The number of nitrogens with two attached hydrogens (primary N) is 1. The predicted octanol–water partition coefficient (Wildman–Crippen LogP) is -1.91. The second-order valence-corrected chi connectivity index (χ2v) is 9.08. The highest BCUT2D eigenvalue weighted by Crippen LogP contribution is 2.09. The third-order valence-electron chi connectivity index (χ3n) is 5.09. The Bertz CT molecular complexity index is 872. The van der Waals surface area contributed by atoms with Crippen molar-refractivity contribution in [1.29, 1.82) is 0 Å². The number of H-pyrrole nitrogens is 1. The summed E-state index contributed by atoms with van der Waals surface area (Å²) in [5.74, 6) is -3.52. The van der Waals surface area contributed by atoms with E-state index in [0.29, 0.717) is 5.69 Å². The summed E-state index contributed by atoms with van der Waals surface area (Å²) in [5, 5.41) is 19.5. The number of carbonyl (C=O) groups is 5. The van der Waals surface area contributed by atoms with Crippen LogP contribution in [0.25, 0.3) is 0 Å². The van der Waals surface area contributed by atoms with Crippen LogP contribution in [0.2, 0.25) is 0 Å². The maximum atomic E-state index is 13.2. The van der Waals surface area contributed by atoms with Crippen molar-refractivity contribution in [3.05, 3.63) is 18.2 Å². The number of imidazole rings is 1. The number of aromatic amines is 1. The van der Waals surface area contributed by atoms with E-state index in [1.165, 1.54) is 13.3 Å². The average molecular weight is 496 g/mol. The van der Waals surface area contributed by atoms with Gasteiger partial charge in [0.15, 0.2) is 0 Å². The number of nitrogens with zero attached hydrogens (tertiary/aromatic N) is 1. The SMILES string of the molecule is CC(=O)NC(CO)C(=O)N[C@@H](Cc1c[nH]cn1)C(=O)N[C@@H](CC(C)C)C(=O)N[C@H](C(N)=O)C(C)C. The van der Waals surface area contributed by atoms with Gasteiger partial charge in [0.2, 0.25) is 29.5 Å². The summed E-state index contributed by atoms with van der Waals surface area (Å²) in [6, 6.07) is -4.37. The number of aromatic nitrogens is 2. The van der Waals surface area contributed by atoms with Gasteiger partial charge in [0.25, 0.3) is 0 Å². The van der Waals surface area contributed by atoms with Gasteiger partial charge in [-0.3, -0.25) is 24.0 Å². The highest BCUT2D eigenvalue weighted by molar-refractivity contribution is 5.95. The molecule has 0 bridgehead atoms. The topological polar surface area (TPSA) is 208 Å². The van der Waals surface area contributed by atoms with E-state index in [9.17, 15) is 29.1 Å². The molecule has 0 radical (unpaired) electrons. The van der Waals surface area contributed by atoms with Crippen LogP contribution in [0.1, 0.15) is 46.7 Å².